The first-order valence-electron chi connectivity index (χ1n) is 9.99. The van der Waals surface area contributed by atoms with E-state index in [9.17, 15) is 4.79 Å². The summed E-state index contributed by atoms with van der Waals surface area (Å²) in [5.74, 6) is 1.08. The molecule has 0 atom stereocenters. The van der Waals surface area contributed by atoms with Gasteiger partial charge in [-0.1, -0.05) is 11.6 Å². The largest absolute Gasteiger partial charge is 0.486 e. The third-order valence-corrected chi connectivity index (χ3v) is 5.54. The number of carbonyl (C=O) groups excluding carboxylic acids is 1. The summed E-state index contributed by atoms with van der Waals surface area (Å²) < 4.78 is 11.1. The molecule has 7 nitrogen and oxygen atoms in total. The number of benzene rings is 2. The molecule has 156 valence electrons. The SMILES string of the molecule is N#Cc1ccc(N2CCCN(CC(=O)Nc3cc4c(cc3Cl)OCCO4)CC2)cc1. The molecule has 0 aliphatic carbocycles. The first-order chi connectivity index (χ1) is 14.6. The van der Waals surface area contributed by atoms with Gasteiger partial charge < -0.3 is 19.7 Å². The smallest absolute Gasteiger partial charge is 0.238 e. The number of hydrogen-bond donors (Lipinski definition) is 1. The molecule has 8 heteroatoms. The van der Waals surface area contributed by atoms with E-state index in [2.05, 4.69) is 21.2 Å². The van der Waals surface area contributed by atoms with Crippen LogP contribution in [0.15, 0.2) is 36.4 Å². The van der Waals surface area contributed by atoms with Gasteiger partial charge in [0.15, 0.2) is 11.5 Å². The van der Waals surface area contributed by atoms with Crippen molar-refractivity contribution in [3.05, 3.63) is 47.0 Å². The van der Waals surface area contributed by atoms with E-state index in [4.69, 9.17) is 26.3 Å². The highest BCUT2D eigenvalue weighted by atomic mass is 35.5. The van der Waals surface area contributed by atoms with Crippen molar-refractivity contribution in [1.82, 2.24) is 4.90 Å². The monoisotopic (exact) mass is 426 g/mol. The molecule has 2 aromatic rings. The topological polar surface area (TPSA) is 77.8 Å². The Kier molecular flexibility index (Phi) is 6.26. The maximum absolute atomic E-state index is 12.6. The fourth-order valence-electron chi connectivity index (χ4n) is 3.69. The number of anilines is 2. The van der Waals surface area contributed by atoms with Crippen LogP contribution in [0.25, 0.3) is 0 Å². The van der Waals surface area contributed by atoms with Gasteiger partial charge in [-0.25, -0.2) is 0 Å². The molecule has 30 heavy (non-hydrogen) atoms. The van der Waals surface area contributed by atoms with Gasteiger partial charge in [0.25, 0.3) is 0 Å². The van der Waals surface area contributed by atoms with Crippen molar-refractivity contribution < 1.29 is 14.3 Å². The Labute approximate surface area is 180 Å². The van der Waals surface area contributed by atoms with E-state index >= 15 is 0 Å². The first-order valence-corrected chi connectivity index (χ1v) is 10.4. The van der Waals surface area contributed by atoms with Crippen LogP contribution in [0.3, 0.4) is 0 Å². The second-order valence-electron chi connectivity index (χ2n) is 7.30. The molecule has 0 bridgehead atoms. The molecule has 1 fully saturated rings. The Hall–Kier alpha value is -2.95. The van der Waals surface area contributed by atoms with E-state index in [1.54, 1.807) is 12.1 Å². The van der Waals surface area contributed by atoms with Crippen LogP contribution >= 0.6 is 11.6 Å². The van der Waals surface area contributed by atoms with Gasteiger partial charge in [0, 0.05) is 44.0 Å². The standard InChI is InChI=1S/C22H23ClN4O3/c23-18-12-20-21(30-11-10-29-20)13-19(18)25-22(28)15-26-6-1-7-27(9-8-26)17-4-2-16(14-24)3-5-17/h2-5,12-13H,1,6-11,15H2,(H,25,28). The molecule has 1 saturated heterocycles. The van der Waals surface area contributed by atoms with Crippen LogP contribution in [0, 0.1) is 11.3 Å². The van der Waals surface area contributed by atoms with Crippen molar-refractivity contribution in [3.63, 3.8) is 0 Å². The lowest BCUT2D eigenvalue weighted by atomic mass is 10.2. The molecular formula is C22H23ClN4O3. The molecule has 2 aromatic carbocycles. The molecule has 2 aliphatic rings. The molecule has 1 amide bonds. The number of nitrogens with one attached hydrogen (secondary N) is 1. The summed E-state index contributed by atoms with van der Waals surface area (Å²) in [5.41, 5.74) is 2.29. The minimum atomic E-state index is -0.111. The quantitative estimate of drug-likeness (QED) is 0.809. The third kappa shape index (κ3) is 4.78. The molecular weight excluding hydrogens is 404 g/mol. The van der Waals surface area contributed by atoms with Crippen molar-refractivity contribution in [1.29, 1.82) is 5.26 Å². The molecule has 0 aromatic heterocycles. The Balaban J connectivity index is 1.33. The molecule has 0 unspecified atom stereocenters. The van der Waals surface area contributed by atoms with Crippen LogP contribution in [0.1, 0.15) is 12.0 Å². The summed E-state index contributed by atoms with van der Waals surface area (Å²) >= 11 is 6.29. The number of fused-ring (bicyclic) bond motifs is 1. The minimum Gasteiger partial charge on any atom is -0.486 e. The minimum absolute atomic E-state index is 0.111. The van der Waals surface area contributed by atoms with Gasteiger partial charge in [0.2, 0.25) is 5.91 Å². The number of amides is 1. The van der Waals surface area contributed by atoms with E-state index in [0.29, 0.717) is 47.5 Å². The summed E-state index contributed by atoms with van der Waals surface area (Å²) in [6, 6.07) is 13.2. The summed E-state index contributed by atoms with van der Waals surface area (Å²) in [4.78, 5) is 17.0. The van der Waals surface area contributed by atoms with Crippen molar-refractivity contribution >= 4 is 28.9 Å². The number of rotatable bonds is 4. The fraction of sp³-hybridized carbons (Fsp3) is 0.364. The second-order valence-corrected chi connectivity index (χ2v) is 7.71. The highest BCUT2D eigenvalue weighted by Gasteiger charge is 2.20. The van der Waals surface area contributed by atoms with Crippen LogP contribution in [0.4, 0.5) is 11.4 Å². The normalized spacial score (nSPS) is 16.5. The van der Waals surface area contributed by atoms with E-state index < -0.39 is 0 Å². The zero-order chi connectivity index (χ0) is 20.9. The van der Waals surface area contributed by atoms with Crippen LogP contribution in [0.5, 0.6) is 11.5 Å². The predicted octanol–water partition coefficient (Wildman–Crippen LogP) is 3.13. The van der Waals surface area contributed by atoms with Crippen LogP contribution in [-0.2, 0) is 4.79 Å². The summed E-state index contributed by atoms with van der Waals surface area (Å²) in [6.45, 7) is 4.63. The molecule has 2 heterocycles. The third-order valence-electron chi connectivity index (χ3n) is 5.22. The van der Waals surface area contributed by atoms with Crippen LogP contribution in [-0.4, -0.2) is 56.7 Å². The molecule has 0 saturated carbocycles. The number of carbonyl (C=O) groups is 1. The maximum Gasteiger partial charge on any atom is 0.238 e. The molecule has 1 N–H and O–H groups in total. The van der Waals surface area contributed by atoms with Gasteiger partial charge >= 0.3 is 0 Å². The van der Waals surface area contributed by atoms with Crippen LogP contribution in [0.2, 0.25) is 5.02 Å². The highest BCUT2D eigenvalue weighted by Crippen LogP contribution is 2.37. The van der Waals surface area contributed by atoms with Crippen molar-refractivity contribution in [3.8, 4) is 17.6 Å². The van der Waals surface area contributed by atoms with E-state index in [-0.39, 0.29) is 5.91 Å². The van der Waals surface area contributed by atoms with Crippen molar-refractivity contribution in [2.75, 3.05) is 56.2 Å². The summed E-state index contributed by atoms with van der Waals surface area (Å²) in [6.07, 6.45) is 0.956. The average Bonchev–Trinajstić information content (AvgIpc) is 3.00. The first kappa shape index (κ1) is 20.3. The summed E-state index contributed by atoms with van der Waals surface area (Å²) in [5, 5.41) is 12.3. The van der Waals surface area contributed by atoms with E-state index in [1.807, 2.05) is 24.3 Å². The Morgan fingerprint density at radius 2 is 1.80 bits per heavy atom. The number of halogens is 1. The second kappa shape index (κ2) is 9.24. The average molecular weight is 427 g/mol. The lowest BCUT2D eigenvalue weighted by molar-refractivity contribution is -0.117. The Bertz CT molecular complexity index is 958. The van der Waals surface area contributed by atoms with Gasteiger partial charge in [-0.15, -0.1) is 0 Å². The molecule has 0 radical (unpaired) electrons. The fourth-order valence-corrected chi connectivity index (χ4v) is 3.89. The van der Waals surface area contributed by atoms with E-state index in [0.717, 1.165) is 38.3 Å². The van der Waals surface area contributed by atoms with Crippen molar-refractivity contribution in [2.45, 2.75) is 6.42 Å². The lowest BCUT2D eigenvalue weighted by Gasteiger charge is -2.23. The van der Waals surface area contributed by atoms with Gasteiger partial charge in [-0.3, -0.25) is 9.69 Å². The molecule has 4 rings (SSSR count). The lowest BCUT2D eigenvalue weighted by Crippen LogP contribution is -2.36. The number of ether oxygens (including phenoxy) is 2. The van der Waals surface area contributed by atoms with Gasteiger partial charge in [-0.05, 0) is 30.7 Å². The molecule has 2 aliphatic heterocycles. The Morgan fingerprint density at radius 3 is 2.53 bits per heavy atom. The van der Waals surface area contributed by atoms with Crippen molar-refractivity contribution in [2.24, 2.45) is 0 Å². The number of nitriles is 1. The zero-order valence-corrected chi connectivity index (χ0v) is 17.3. The maximum atomic E-state index is 12.6. The number of nitrogens with zero attached hydrogens (tertiary/aromatic N) is 3. The van der Waals surface area contributed by atoms with Gasteiger partial charge in [-0.2, -0.15) is 5.26 Å². The van der Waals surface area contributed by atoms with E-state index in [1.165, 1.54) is 0 Å². The zero-order valence-electron chi connectivity index (χ0n) is 16.6. The Morgan fingerprint density at radius 1 is 1.07 bits per heavy atom. The van der Waals surface area contributed by atoms with Crippen LogP contribution < -0.4 is 19.7 Å². The molecule has 0 spiro atoms. The van der Waals surface area contributed by atoms with Gasteiger partial charge in [0.05, 0.1) is 28.9 Å². The van der Waals surface area contributed by atoms with Gasteiger partial charge in [0.1, 0.15) is 13.2 Å². The summed E-state index contributed by atoms with van der Waals surface area (Å²) in [7, 11) is 0. The number of hydrogen-bond acceptors (Lipinski definition) is 6. The highest BCUT2D eigenvalue weighted by molar-refractivity contribution is 6.34. The predicted molar refractivity (Wildman–Crippen MR) is 115 cm³/mol.